The van der Waals surface area contributed by atoms with Crippen LogP contribution in [0.15, 0.2) is 76.7 Å². The summed E-state index contributed by atoms with van der Waals surface area (Å²) in [5.41, 5.74) is 7.69. The summed E-state index contributed by atoms with van der Waals surface area (Å²) >= 11 is 0. The zero-order chi connectivity index (χ0) is 39.5. The van der Waals surface area contributed by atoms with Crippen molar-refractivity contribution in [3.05, 3.63) is 89.0 Å². The molecule has 13 heteroatoms. The lowest BCUT2D eigenvalue weighted by Gasteiger charge is -2.24. The van der Waals surface area contributed by atoms with E-state index in [0.717, 1.165) is 49.0 Å². The van der Waals surface area contributed by atoms with E-state index in [1.807, 2.05) is 24.4 Å². The van der Waals surface area contributed by atoms with Crippen LogP contribution in [-0.2, 0) is 33.7 Å². The third-order valence-electron chi connectivity index (χ3n) is 10.8. The molecule has 1 N–H and O–H groups in total. The van der Waals surface area contributed by atoms with E-state index in [0.29, 0.717) is 65.3 Å². The molecule has 0 spiro atoms. The number of para-hydroxylation sites is 1. The number of nitrogens with one attached hydrogen (secondary N) is 1. The highest BCUT2D eigenvalue weighted by Crippen LogP contribution is 2.43. The van der Waals surface area contributed by atoms with Crippen molar-refractivity contribution < 1.29 is 38.1 Å². The molecule has 0 saturated heterocycles. The number of carbonyl (C=O) groups is 3. The van der Waals surface area contributed by atoms with Crippen LogP contribution in [0, 0.1) is 0 Å². The normalized spacial score (nSPS) is 16.9. The molecule has 8 rings (SSSR count). The molecule has 0 saturated carbocycles. The summed E-state index contributed by atoms with van der Waals surface area (Å²) in [6, 6.07) is 21.4. The number of carbonyl (C=O) groups excluding carboxylic acids is 3. The van der Waals surface area contributed by atoms with E-state index in [-0.39, 0.29) is 36.7 Å². The van der Waals surface area contributed by atoms with Gasteiger partial charge in [-0.05, 0) is 67.1 Å². The Hall–Kier alpha value is -6.37. The smallest absolute Gasteiger partial charge is 0.306 e. The summed E-state index contributed by atoms with van der Waals surface area (Å²) in [5.74, 6) is 1.32. The van der Waals surface area contributed by atoms with Gasteiger partial charge in [0.25, 0.3) is 5.91 Å². The van der Waals surface area contributed by atoms with Gasteiger partial charge in [0.05, 0.1) is 75.7 Å². The Balaban J connectivity index is 0.851. The van der Waals surface area contributed by atoms with Gasteiger partial charge in [-0.3, -0.25) is 29.3 Å². The minimum atomic E-state index is -0.456. The molecule has 4 aromatic rings. The average Bonchev–Trinajstić information content (AvgIpc) is 3.67. The Morgan fingerprint density at radius 2 is 1.40 bits per heavy atom. The van der Waals surface area contributed by atoms with Crippen molar-refractivity contribution in [3.63, 3.8) is 0 Å². The van der Waals surface area contributed by atoms with Crippen LogP contribution in [0.4, 0.5) is 28.4 Å². The Labute approximate surface area is 331 Å². The van der Waals surface area contributed by atoms with Crippen molar-refractivity contribution in [2.75, 3.05) is 49.7 Å². The maximum absolute atomic E-state index is 14.1. The van der Waals surface area contributed by atoms with Crippen molar-refractivity contribution in [3.8, 4) is 23.0 Å². The number of hydrogen-bond acceptors (Lipinski definition) is 11. The van der Waals surface area contributed by atoms with Gasteiger partial charge in [-0.2, -0.15) is 0 Å². The van der Waals surface area contributed by atoms with Crippen LogP contribution >= 0.6 is 0 Å². The second kappa shape index (κ2) is 16.4. The van der Waals surface area contributed by atoms with Crippen molar-refractivity contribution in [1.29, 1.82) is 0 Å². The van der Waals surface area contributed by atoms with E-state index in [1.165, 1.54) is 18.4 Å². The van der Waals surface area contributed by atoms with Crippen molar-refractivity contribution in [2.45, 2.75) is 63.6 Å². The molecule has 2 unspecified atom stereocenters. The third kappa shape index (κ3) is 7.74. The van der Waals surface area contributed by atoms with Crippen molar-refractivity contribution >= 4 is 58.6 Å². The van der Waals surface area contributed by atoms with E-state index in [2.05, 4.69) is 39.2 Å². The van der Waals surface area contributed by atoms with Gasteiger partial charge in [0.1, 0.15) is 0 Å². The monoisotopic (exact) mass is 771 g/mol. The Morgan fingerprint density at radius 3 is 2.18 bits per heavy atom. The maximum atomic E-state index is 14.1. The molecule has 4 heterocycles. The van der Waals surface area contributed by atoms with Crippen LogP contribution < -0.4 is 34.1 Å². The fourth-order valence-corrected chi connectivity index (χ4v) is 7.87. The number of aliphatic imine (C=N–C) groups is 2. The largest absolute Gasteiger partial charge is 0.493 e. The van der Waals surface area contributed by atoms with Gasteiger partial charge >= 0.3 is 5.97 Å². The van der Waals surface area contributed by atoms with Crippen LogP contribution in [0.2, 0.25) is 0 Å². The number of esters is 1. The number of ether oxygens (including phenoxy) is 5. The van der Waals surface area contributed by atoms with E-state index >= 15 is 0 Å². The molecule has 0 radical (unpaired) electrons. The number of benzene rings is 4. The molecule has 13 nitrogen and oxygen atoms in total. The summed E-state index contributed by atoms with van der Waals surface area (Å²) in [6.45, 7) is 1.72. The van der Waals surface area contributed by atoms with Crippen LogP contribution in [0.1, 0.15) is 59.2 Å². The fraction of sp³-hybridized carbons (Fsp3) is 0.341. The number of nitrogens with zero attached hydrogens (tertiary/aromatic N) is 4. The molecule has 4 aliphatic heterocycles. The first kappa shape index (κ1) is 37.5. The predicted octanol–water partition coefficient (Wildman–Crippen LogP) is 7.16. The number of methoxy groups -OCH3 is 3. The second-order valence-corrected chi connectivity index (χ2v) is 14.4. The average molecular weight is 772 g/mol. The van der Waals surface area contributed by atoms with Gasteiger partial charge in [-0.25, -0.2) is 0 Å². The molecule has 57 heavy (non-hydrogen) atoms. The minimum absolute atomic E-state index is 0.00835. The lowest BCUT2D eigenvalue weighted by atomic mass is 10.1. The molecule has 0 bridgehead atoms. The fourth-order valence-electron chi connectivity index (χ4n) is 7.87. The summed E-state index contributed by atoms with van der Waals surface area (Å²) in [5, 5.41) is 2.82. The Morgan fingerprint density at radius 1 is 0.719 bits per heavy atom. The number of hydrogen-bond donors (Lipinski definition) is 1. The van der Waals surface area contributed by atoms with Gasteiger partial charge in [-0.1, -0.05) is 24.3 Å². The molecule has 2 amide bonds. The first-order chi connectivity index (χ1) is 27.8. The Kier molecular flexibility index (Phi) is 10.8. The first-order valence-electron chi connectivity index (χ1n) is 19.3. The highest BCUT2D eigenvalue weighted by molar-refractivity contribution is 6.15. The molecule has 2 atom stereocenters. The molecule has 4 aliphatic rings. The van der Waals surface area contributed by atoms with Crippen molar-refractivity contribution in [2.24, 2.45) is 9.98 Å². The first-order valence-corrected chi connectivity index (χ1v) is 19.3. The molecular weight excluding hydrogens is 727 g/mol. The lowest BCUT2D eigenvalue weighted by molar-refractivity contribution is -0.141. The van der Waals surface area contributed by atoms with Gasteiger partial charge in [-0.15, -0.1) is 0 Å². The predicted molar refractivity (Wildman–Crippen MR) is 218 cm³/mol. The summed E-state index contributed by atoms with van der Waals surface area (Å²) in [4.78, 5) is 51.7. The topological polar surface area (TPSA) is 141 Å². The lowest BCUT2D eigenvalue weighted by Crippen LogP contribution is -2.37. The van der Waals surface area contributed by atoms with Crippen molar-refractivity contribution in [1.82, 2.24) is 0 Å². The SMILES string of the molecule is COC(=O)CCC(=O)Nc1ccc2c(c1)N1C(=O)c3cc(OC)c(OCCCCCOc4cc5c(cc4OC)CN4c6ccccc6CC4C=N5)cc3N=CC1C2. The zero-order valence-corrected chi connectivity index (χ0v) is 32.3. The van der Waals surface area contributed by atoms with Gasteiger partial charge in [0, 0.05) is 60.9 Å². The van der Waals surface area contributed by atoms with E-state index in [1.54, 1.807) is 49.6 Å². The molecule has 0 fully saturated rings. The highest BCUT2D eigenvalue weighted by Gasteiger charge is 2.37. The van der Waals surface area contributed by atoms with Gasteiger partial charge in [0.15, 0.2) is 23.0 Å². The zero-order valence-electron chi connectivity index (χ0n) is 32.3. The molecule has 4 aromatic carbocycles. The number of unbranched alkanes of at least 4 members (excludes halogenated alkanes) is 2. The number of anilines is 3. The van der Waals surface area contributed by atoms with E-state index < -0.39 is 5.97 Å². The van der Waals surface area contributed by atoms with E-state index in [9.17, 15) is 14.4 Å². The van der Waals surface area contributed by atoms with Crippen LogP contribution in [0.5, 0.6) is 23.0 Å². The standard InChI is InChI=1S/C44H45N5O8/c1-53-38-19-29-26-48-31(17-27-9-5-6-10-36(27)48)24-45-34(29)22-40(38)56-15-7-4-8-16-57-41-23-35-33(21-39(41)54-2)44(52)49-32(25-46-35)18-28-11-12-30(20-37(28)49)47-42(50)13-14-43(51)55-3/h5-6,9-12,19-25,31-32H,4,7-8,13-18,26H2,1-3H3,(H,47,50). The quantitative estimate of drug-likeness (QED) is 0.105. The number of amides is 2. The summed E-state index contributed by atoms with van der Waals surface area (Å²) < 4.78 is 28.4. The molecule has 0 aromatic heterocycles. The summed E-state index contributed by atoms with van der Waals surface area (Å²) in [7, 11) is 4.49. The van der Waals surface area contributed by atoms with Crippen LogP contribution in [0.25, 0.3) is 0 Å². The molecule has 294 valence electrons. The van der Waals surface area contributed by atoms with Crippen LogP contribution in [0.3, 0.4) is 0 Å². The van der Waals surface area contributed by atoms with E-state index in [4.69, 9.17) is 28.9 Å². The third-order valence-corrected chi connectivity index (χ3v) is 10.8. The van der Waals surface area contributed by atoms with Crippen LogP contribution in [-0.4, -0.2) is 76.8 Å². The minimum Gasteiger partial charge on any atom is -0.493 e. The highest BCUT2D eigenvalue weighted by atomic mass is 16.5. The second-order valence-electron chi connectivity index (χ2n) is 14.4. The number of fused-ring (bicyclic) bond motifs is 8. The summed E-state index contributed by atoms with van der Waals surface area (Å²) in [6.07, 6.45) is 7.81. The van der Waals surface area contributed by atoms with Gasteiger partial charge < -0.3 is 33.9 Å². The Bertz CT molecular complexity index is 2270. The molecular formula is C44H45N5O8. The molecule has 0 aliphatic carbocycles. The maximum Gasteiger partial charge on any atom is 0.306 e. The van der Waals surface area contributed by atoms with Gasteiger partial charge in [0.2, 0.25) is 5.91 Å². The number of rotatable bonds is 14.